The molecule has 10 heteroatoms. The predicted octanol–water partition coefficient (Wildman–Crippen LogP) is 2.76. The third-order valence-electron chi connectivity index (χ3n) is 5.29. The predicted molar refractivity (Wildman–Crippen MR) is 109 cm³/mol. The number of hydrogen-bond acceptors (Lipinski definition) is 5. The molecule has 2 aliphatic rings. The van der Waals surface area contributed by atoms with Crippen LogP contribution in [0.1, 0.15) is 28.7 Å². The van der Waals surface area contributed by atoms with Gasteiger partial charge in [-0.25, -0.2) is 9.18 Å². The molecular formula is C20H23ClFN5O3. The van der Waals surface area contributed by atoms with E-state index < -0.39 is 11.8 Å². The SMILES string of the molecule is CCOC1CN(C)Cc2c3c(nn2C1)CCN(C(=O)Nc1ccc(F)c(Cl)c1)C3=O. The van der Waals surface area contributed by atoms with Crippen LogP contribution >= 0.6 is 11.6 Å². The van der Waals surface area contributed by atoms with Crippen LogP contribution in [0.25, 0.3) is 0 Å². The van der Waals surface area contributed by atoms with Crippen LogP contribution in [-0.2, 0) is 24.2 Å². The van der Waals surface area contributed by atoms with E-state index in [4.69, 9.17) is 16.3 Å². The Morgan fingerprint density at radius 1 is 1.40 bits per heavy atom. The lowest BCUT2D eigenvalue weighted by molar-refractivity contribution is 0.0320. The van der Waals surface area contributed by atoms with Gasteiger partial charge in [-0.05, 0) is 32.2 Å². The highest BCUT2D eigenvalue weighted by molar-refractivity contribution is 6.31. The van der Waals surface area contributed by atoms with Crippen LogP contribution in [0.5, 0.6) is 0 Å². The minimum absolute atomic E-state index is 0.0136. The molecule has 0 saturated carbocycles. The van der Waals surface area contributed by atoms with Gasteiger partial charge in [0.25, 0.3) is 5.91 Å². The summed E-state index contributed by atoms with van der Waals surface area (Å²) in [4.78, 5) is 29.2. The number of likely N-dealkylation sites (N-methyl/N-ethyl adjacent to an activating group) is 1. The number of ether oxygens (including phenoxy) is 1. The van der Waals surface area contributed by atoms with Crippen molar-refractivity contribution in [1.82, 2.24) is 19.6 Å². The number of halogens is 2. The number of aromatic nitrogens is 2. The summed E-state index contributed by atoms with van der Waals surface area (Å²) in [5.41, 5.74) is 2.30. The third-order valence-corrected chi connectivity index (χ3v) is 5.58. The molecule has 0 radical (unpaired) electrons. The maximum Gasteiger partial charge on any atom is 0.328 e. The van der Waals surface area contributed by atoms with E-state index in [1.807, 2.05) is 18.7 Å². The van der Waals surface area contributed by atoms with Crippen LogP contribution in [0.4, 0.5) is 14.9 Å². The number of benzene rings is 1. The molecule has 160 valence electrons. The molecule has 3 heterocycles. The summed E-state index contributed by atoms with van der Waals surface area (Å²) in [7, 11) is 1.97. The smallest absolute Gasteiger partial charge is 0.328 e. The van der Waals surface area contributed by atoms with Crippen LogP contribution in [-0.4, -0.2) is 64.4 Å². The van der Waals surface area contributed by atoms with E-state index in [0.717, 1.165) is 23.2 Å². The number of nitrogens with zero attached hydrogens (tertiary/aromatic N) is 4. The first-order valence-corrected chi connectivity index (χ1v) is 10.2. The van der Waals surface area contributed by atoms with Crippen molar-refractivity contribution in [2.45, 2.75) is 32.5 Å². The number of anilines is 1. The van der Waals surface area contributed by atoms with E-state index in [1.54, 1.807) is 0 Å². The number of rotatable bonds is 3. The number of urea groups is 1. The zero-order valence-corrected chi connectivity index (χ0v) is 17.6. The summed E-state index contributed by atoms with van der Waals surface area (Å²) in [6, 6.07) is 3.29. The number of hydrogen-bond donors (Lipinski definition) is 1. The summed E-state index contributed by atoms with van der Waals surface area (Å²) in [5.74, 6) is -0.961. The van der Waals surface area contributed by atoms with Crippen molar-refractivity contribution in [2.24, 2.45) is 0 Å². The molecule has 30 heavy (non-hydrogen) atoms. The second-order valence-corrected chi connectivity index (χ2v) is 7.90. The lowest BCUT2D eigenvalue weighted by Gasteiger charge is -2.26. The Morgan fingerprint density at radius 2 is 2.20 bits per heavy atom. The average molecular weight is 436 g/mol. The van der Waals surface area contributed by atoms with Crippen LogP contribution in [0, 0.1) is 5.82 Å². The standard InChI is InChI=1S/C20H23ClFN5O3/c1-3-30-13-9-25(2)11-17-18-16(24-27(17)10-13)6-7-26(19(18)28)20(29)23-12-4-5-15(22)14(21)8-12/h4-5,8,13H,3,6-7,9-11H2,1-2H3,(H,23,29). The van der Waals surface area contributed by atoms with Gasteiger partial charge >= 0.3 is 6.03 Å². The molecule has 0 bridgehead atoms. The second-order valence-electron chi connectivity index (χ2n) is 7.49. The minimum Gasteiger partial charge on any atom is -0.375 e. The van der Waals surface area contributed by atoms with Gasteiger partial charge in [0.1, 0.15) is 5.82 Å². The fourth-order valence-corrected chi connectivity index (χ4v) is 4.14. The monoisotopic (exact) mass is 435 g/mol. The van der Waals surface area contributed by atoms with E-state index in [2.05, 4.69) is 15.3 Å². The zero-order chi connectivity index (χ0) is 21.4. The largest absolute Gasteiger partial charge is 0.375 e. The third kappa shape index (κ3) is 3.92. The van der Waals surface area contributed by atoms with Gasteiger partial charge in [-0.2, -0.15) is 5.10 Å². The molecule has 2 aliphatic heterocycles. The van der Waals surface area contributed by atoms with Gasteiger partial charge in [0.15, 0.2) is 0 Å². The van der Waals surface area contributed by atoms with Gasteiger partial charge in [-0.3, -0.25) is 19.3 Å². The van der Waals surface area contributed by atoms with Gasteiger partial charge in [0.2, 0.25) is 0 Å². The topological polar surface area (TPSA) is 79.7 Å². The Kier molecular flexibility index (Phi) is 5.77. The fourth-order valence-electron chi connectivity index (χ4n) is 3.96. The maximum absolute atomic E-state index is 13.4. The fraction of sp³-hybridized carbons (Fsp3) is 0.450. The first-order chi connectivity index (χ1) is 14.4. The molecule has 1 unspecified atom stereocenters. The molecule has 0 aliphatic carbocycles. The Hall–Kier alpha value is -2.49. The lowest BCUT2D eigenvalue weighted by Crippen LogP contribution is -2.44. The zero-order valence-electron chi connectivity index (χ0n) is 16.8. The van der Waals surface area contributed by atoms with E-state index in [-0.39, 0.29) is 23.6 Å². The summed E-state index contributed by atoms with van der Waals surface area (Å²) in [6.07, 6.45) is 0.460. The van der Waals surface area contributed by atoms with Gasteiger partial charge in [0, 0.05) is 38.3 Å². The van der Waals surface area contributed by atoms with Gasteiger partial charge < -0.3 is 10.1 Å². The van der Waals surface area contributed by atoms with Crippen molar-refractivity contribution in [2.75, 3.05) is 32.1 Å². The van der Waals surface area contributed by atoms with Crippen LogP contribution in [0.15, 0.2) is 18.2 Å². The molecule has 8 nitrogen and oxygen atoms in total. The summed E-state index contributed by atoms with van der Waals surface area (Å²) in [6.45, 7) is 4.61. The van der Waals surface area contributed by atoms with E-state index in [0.29, 0.717) is 43.1 Å². The minimum atomic E-state index is -0.581. The molecule has 4 rings (SSSR count). The molecule has 1 aromatic heterocycles. The van der Waals surface area contributed by atoms with Crippen LogP contribution in [0.3, 0.4) is 0 Å². The van der Waals surface area contributed by atoms with Gasteiger partial charge in [0.05, 0.1) is 34.6 Å². The van der Waals surface area contributed by atoms with Gasteiger partial charge in [-0.15, -0.1) is 0 Å². The number of nitrogens with one attached hydrogen (secondary N) is 1. The van der Waals surface area contributed by atoms with Gasteiger partial charge in [-0.1, -0.05) is 11.6 Å². The van der Waals surface area contributed by atoms with E-state index in [9.17, 15) is 14.0 Å². The molecule has 1 N–H and O–H groups in total. The van der Waals surface area contributed by atoms with E-state index in [1.165, 1.54) is 12.1 Å². The van der Waals surface area contributed by atoms with Crippen molar-refractivity contribution in [1.29, 1.82) is 0 Å². The molecule has 0 saturated heterocycles. The first kappa shape index (κ1) is 20.8. The van der Waals surface area contributed by atoms with Crippen molar-refractivity contribution in [3.8, 4) is 0 Å². The average Bonchev–Trinajstić information content (AvgIpc) is 2.94. The summed E-state index contributed by atoms with van der Waals surface area (Å²) >= 11 is 5.77. The molecule has 0 fully saturated rings. The van der Waals surface area contributed by atoms with Crippen molar-refractivity contribution in [3.63, 3.8) is 0 Å². The summed E-state index contributed by atoms with van der Waals surface area (Å²) < 4.78 is 21.0. The molecule has 1 aromatic carbocycles. The first-order valence-electron chi connectivity index (χ1n) is 9.84. The Balaban J connectivity index is 1.57. The highest BCUT2D eigenvalue weighted by Crippen LogP contribution is 2.27. The highest BCUT2D eigenvalue weighted by Gasteiger charge is 2.36. The Bertz CT molecular complexity index is 995. The van der Waals surface area contributed by atoms with Crippen molar-refractivity contribution in [3.05, 3.63) is 46.0 Å². The molecule has 1 atom stereocenters. The Morgan fingerprint density at radius 3 is 2.93 bits per heavy atom. The van der Waals surface area contributed by atoms with Crippen LogP contribution < -0.4 is 5.32 Å². The van der Waals surface area contributed by atoms with Crippen molar-refractivity contribution >= 4 is 29.2 Å². The quantitative estimate of drug-likeness (QED) is 0.802. The molecule has 3 amide bonds. The lowest BCUT2D eigenvalue weighted by atomic mass is 10.0. The van der Waals surface area contributed by atoms with Crippen LogP contribution in [0.2, 0.25) is 5.02 Å². The summed E-state index contributed by atoms with van der Waals surface area (Å²) in [5, 5.41) is 7.15. The Labute approximate surface area is 178 Å². The maximum atomic E-state index is 13.4. The number of amides is 3. The molecular weight excluding hydrogens is 413 g/mol. The molecule has 0 spiro atoms. The number of carbonyl (C=O) groups excluding carboxylic acids is 2. The number of carbonyl (C=O) groups is 2. The van der Waals surface area contributed by atoms with E-state index >= 15 is 0 Å². The number of imide groups is 1. The van der Waals surface area contributed by atoms with Crippen molar-refractivity contribution < 1.29 is 18.7 Å². The normalized spacial score (nSPS) is 19.3. The highest BCUT2D eigenvalue weighted by atomic mass is 35.5. The number of fused-ring (bicyclic) bond motifs is 3. The molecule has 2 aromatic rings. The second kappa shape index (κ2) is 8.33.